The molecule has 1 aromatic heterocycles. The van der Waals surface area contributed by atoms with Crippen LogP contribution in [-0.2, 0) is 0 Å². The van der Waals surface area contributed by atoms with E-state index < -0.39 is 5.92 Å². The van der Waals surface area contributed by atoms with Crippen LogP contribution in [0.25, 0.3) is 5.69 Å². The molecule has 26 heavy (non-hydrogen) atoms. The highest BCUT2D eigenvalue weighted by atomic mass is 16.5. The first kappa shape index (κ1) is 15.8. The number of aromatic amines is 1. The molecule has 1 aliphatic rings. The summed E-state index contributed by atoms with van der Waals surface area (Å²) in [5, 5.41) is 12.7. The SMILES string of the molecule is Cc1[nH]n(-c2ccccc2)c(=O)c1C1C(C#N)=C(N)Oc2ccccc21. The van der Waals surface area contributed by atoms with Gasteiger partial charge in [0, 0.05) is 11.3 Å². The maximum atomic E-state index is 13.2. The van der Waals surface area contributed by atoms with Gasteiger partial charge in [-0.1, -0.05) is 36.4 Å². The first-order valence-corrected chi connectivity index (χ1v) is 8.15. The summed E-state index contributed by atoms with van der Waals surface area (Å²) in [7, 11) is 0. The second-order valence-electron chi connectivity index (χ2n) is 6.09. The summed E-state index contributed by atoms with van der Waals surface area (Å²) in [5.41, 5.74) is 8.64. The number of nitrogens with two attached hydrogens (primary N) is 1. The molecule has 2 aromatic carbocycles. The normalized spacial score (nSPS) is 15.9. The number of fused-ring (bicyclic) bond motifs is 1. The van der Waals surface area contributed by atoms with Crippen LogP contribution >= 0.6 is 0 Å². The van der Waals surface area contributed by atoms with Crippen molar-refractivity contribution < 1.29 is 4.74 Å². The summed E-state index contributed by atoms with van der Waals surface area (Å²) in [6.45, 7) is 1.82. The molecule has 0 bridgehead atoms. The van der Waals surface area contributed by atoms with Crippen molar-refractivity contribution >= 4 is 0 Å². The van der Waals surface area contributed by atoms with E-state index in [0.717, 1.165) is 11.3 Å². The van der Waals surface area contributed by atoms with Crippen molar-refractivity contribution in [3.8, 4) is 17.5 Å². The Morgan fingerprint density at radius 3 is 2.58 bits per heavy atom. The average molecular weight is 344 g/mol. The van der Waals surface area contributed by atoms with Gasteiger partial charge in [0.2, 0.25) is 5.88 Å². The van der Waals surface area contributed by atoms with Crippen molar-refractivity contribution in [1.82, 2.24) is 9.78 Å². The van der Waals surface area contributed by atoms with Gasteiger partial charge in [-0.25, -0.2) is 4.68 Å². The summed E-state index contributed by atoms with van der Waals surface area (Å²) in [5.74, 6) is 0.0152. The molecular weight excluding hydrogens is 328 g/mol. The topological polar surface area (TPSA) is 96.8 Å². The number of benzene rings is 2. The third-order valence-electron chi connectivity index (χ3n) is 4.54. The number of para-hydroxylation sites is 2. The Kier molecular flexibility index (Phi) is 3.63. The highest BCUT2D eigenvalue weighted by Crippen LogP contribution is 2.41. The molecule has 0 radical (unpaired) electrons. The number of hydrogen-bond donors (Lipinski definition) is 2. The number of nitrogens with zero attached hydrogens (tertiary/aromatic N) is 2. The Labute approximate surface area is 149 Å². The zero-order chi connectivity index (χ0) is 18.3. The lowest BCUT2D eigenvalue weighted by molar-refractivity contribution is 0.393. The number of ether oxygens (including phenoxy) is 1. The number of nitriles is 1. The van der Waals surface area contributed by atoms with E-state index >= 15 is 0 Å². The van der Waals surface area contributed by atoms with Gasteiger partial charge in [0.05, 0.1) is 17.2 Å². The van der Waals surface area contributed by atoms with Gasteiger partial charge in [0.1, 0.15) is 17.4 Å². The molecule has 6 heteroatoms. The van der Waals surface area contributed by atoms with Crippen LogP contribution in [0, 0.1) is 18.3 Å². The summed E-state index contributed by atoms with van der Waals surface area (Å²) in [6, 6.07) is 18.7. The Bertz CT molecular complexity index is 1120. The zero-order valence-corrected chi connectivity index (χ0v) is 14.1. The fourth-order valence-electron chi connectivity index (χ4n) is 3.36. The van der Waals surface area contributed by atoms with Crippen LogP contribution in [0.5, 0.6) is 5.75 Å². The van der Waals surface area contributed by atoms with Gasteiger partial charge in [-0.3, -0.25) is 9.89 Å². The van der Waals surface area contributed by atoms with E-state index in [9.17, 15) is 10.1 Å². The van der Waals surface area contributed by atoms with Gasteiger partial charge >= 0.3 is 0 Å². The van der Waals surface area contributed by atoms with Crippen LogP contribution in [0.2, 0.25) is 0 Å². The van der Waals surface area contributed by atoms with Crippen molar-refractivity contribution in [1.29, 1.82) is 5.26 Å². The molecule has 0 aliphatic carbocycles. The van der Waals surface area contributed by atoms with Crippen molar-refractivity contribution in [2.45, 2.75) is 12.8 Å². The van der Waals surface area contributed by atoms with Crippen LogP contribution < -0.4 is 16.0 Å². The van der Waals surface area contributed by atoms with Gasteiger partial charge in [-0.15, -0.1) is 0 Å². The van der Waals surface area contributed by atoms with Crippen molar-refractivity contribution in [2.75, 3.05) is 0 Å². The number of hydrogen-bond acceptors (Lipinski definition) is 4. The Hall–Kier alpha value is -3.72. The molecule has 0 saturated carbocycles. The Balaban J connectivity index is 1.97. The fraction of sp³-hybridized carbons (Fsp3) is 0.100. The molecule has 2 heterocycles. The van der Waals surface area contributed by atoms with Crippen molar-refractivity contribution in [3.63, 3.8) is 0 Å². The van der Waals surface area contributed by atoms with Crippen molar-refractivity contribution in [2.24, 2.45) is 5.73 Å². The molecule has 0 amide bonds. The number of rotatable bonds is 2. The third kappa shape index (κ3) is 2.30. The minimum atomic E-state index is -0.571. The van der Waals surface area contributed by atoms with Crippen LogP contribution in [0.1, 0.15) is 22.7 Å². The molecule has 0 saturated heterocycles. The quantitative estimate of drug-likeness (QED) is 0.747. The predicted octanol–water partition coefficient (Wildman–Crippen LogP) is 2.69. The summed E-state index contributed by atoms with van der Waals surface area (Å²) in [6.07, 6.45) is 0. The predicted molar refractivity (Wildman–Crippen MR) is 96.9 cm³/mol. The van der Waals surface area contributed by atoms with E-state index in [1.165, 1.54) is 4.68 Å². The minimum Gasteiger partial charge on any atom is -0.440 e. The largest absolute Gasteiger partial charge is 0.440 e. The maximum Gasteiger partial charge on any atom is 0.275 e. The number of nitrogens with one attached hydrogen (secondary N) is 1. The average Bonchev–Trinajstić information content (AvgIpc) is 2.95. The Morgan fingerprint density at radius 1 is 1.15 bits per heavy atom. The molecule has 3 aromatic rings. The third-order valence-corrected chi connectivity index (χ3v) is 4.54. The molecule has 1 aliphatic heterocycles. The van der Waals surface area contributed by atoms with Crippen LogP contribution in [0.4, 0.5) is 0 Å². The van der Waals surface area contributed by atoms with Crippen LogP contribution in [-0.4, -0.2) is 9.78 Å². The Morgan fingerprint density at radius 2 is 1.85 bits per heavy atom. The number of aromatic nitrogens is 2. The molecule has 4 rings (SSSR count). The van der Waals surface area contributed by atoms with E-state index in [0.29, 0.717) is 17.0 Å². The van der Waals surface area contributed by atoms with E-state index in [4.69, 9.17) is 10.5 Å². The zero-order valence-electron chi connectivity index (χ0n) is 14.1. The van der Waals surface area contributed by atoms with Crippen molar-refractivity contribution in [3.05, 3.63) is 93.2 Å². The minimum absolute atomic E-state index is 0.0301. The molecule has 1 unspecified atom stereocenters. The highest BCUT2D eigenvalue weighted by Gasteiger charge is 2.34. The van der Waals surface area contributed by atoms with Gasteiger partial charge in [-0.05, 0) is 25.1 Å². The second-order valence-corrected chi connectivity index (χ2v) is 6.09. The molecule has 128 valence electrons. The molecule has 6 nitrogen and oxygen atoms in total. The molecular formula is C20H16N4O2. The lowest BCUT2D eigenvalue weighted by Gasteiger charge is -2.25. The monoisotopic (exact) mass is 344 g/mol. The molecule has 3 N–H and O–H groups in total. The lowest BCUT2D eigenvalue weighted by Crippen LogP contribution is -2.26. The lowest BCUT2D eigenvalue weighted by atomic mass is 9.84. The second kappa shape index (κ2) is 5.97. The van der Waals surface area contributed by atoms with E-state index in [1.54, 1.807) is 6.07 Å². The highest BCUT2D eigenvalue weighted by molar-refractivity contribution is 5.56. The summed E-state index contributed by atoms with van der Waals surface area (Å²) in [4.78, 5) is 13.2. The number of H-pyrrole nitrogens is 1. The van der Waals surface area contributed by atoms with E-state index in [1.807, 2.05) is 55.5 Å². The van der Waals surface area contributed by atoms with Gasteiger partial charge in [0.25, 0.3) is 5.56 Å². The molecule has 0 spiro atoms. The first-order chi connectivity index (χ1) is 12.6. The van der Waals surface area contributed by atoms with E-state index in [2.05, 4.69) is 11.2 Å². The number of aryl methyl sites for hydroxylation is 1. The first-order valence-electron chi connectivity index (χ1n) is 8.15. The van der Waals surface area contributed by atoms with Crippen LogP contribution in [0.3, 0.4) is 0 Å². The summed E-state index contributed by atoms with van der Waals surface area (Å²) < 4.78 is 7.05. The molecule has 1 atom stereocenters. The maximum absolute atomic E-state index is 13.2. The van der Waals surface area contributed by atoms with Crippen LogP contribution in [0.15, 0.2) is 70.8 Å². The van der Waals surface area contributed by atoms with Gasteiger partial charge in [-0.2, -0.15) is 5.26 Å². The smallest absolute Gasteiger partial charge is 0.275 e. The fourth-order valence-corrected chi connectivity index (χ4v) is 3.36. The molecule has 0 fully saturated rings. The summed E-state index contributed by atoms with van der Waals surface area (Å²) >= 11 is 0. The van der Waals surface area contributed by atoms with Gasteiger partial charge in [0.15, 0.2) is 0 Å². The standard InChI is InChI=1S/C20H16N4O2/c1-12-17(20(25)24(23-12)13-7-3-2-4-8-13)18-14-9-5-6-10-16(14)26-19(22)15(18)11-21/h2-10,18,23H,22H2,1H3. The number of allylic oxidation sites excluding steroid dienone is 1. The van der Waals surface area contributed by atoms with Gasteiger partial charge < -0.3 is 10.5 Å². The van der Waals surface area contributed by atoms with E-state index in [-0.39, 0.29) is 17.0 Å².